The predicted octanol–water partition coefficient (Wildman–Crippen LogP) is 3.44. The molecule has 0 bridgehead atoms. The number of halogens is 4. The zero-order valence-electron chi connectivity index (χ0n) is 12.6. The summed E-state index contributed by atoms with van der Waals surface area (Å²) >= 11 is 5.97. The lowest BCUT2D eigenvalue weighted by molar-refractivity contribution is -0.137. The summed E-state index contributed by atoms with van der Waals surface area (Å²) in [5, 5.41) is 8.64. The van der Waals surface area contributed by atoms with Gasteiger partial charge in [0, 0.05) is 6.20 Å². The van der Waals surface area contributed by atoms with Gasteiger partial charge in [-0.1, -0.05) is 16.8 Å². The minimum atomic E-state index is -4.44. The second-order valence-corrected chi connectivity index (χ2v) is 5.71. The zero-order valence-corrected chi connectivity index (χ0v) is 13.3. The first kappa shape index (κ1) is 16.3. The Hall–Kier alpha value is -3.14. The lowest BCUT2D eigenvalue weighted by atomic mass is 10.2. The molecule has 1 N–H and O–H groups in total. The Morgan fingerprint density at radius 1 is 1.19 bits per heavy atom. The highest BCUT2D eigenvalue weighted by molar-refractivity contribution is 6.31. The average Bonchev–Trinajstić information content (AvgIpc) is 3.17. The third kappa shape index (κ3) is 2.73. The van der Waals surface area contributed by atoms with Crippen LogP contribution in [0.1, 0.15) is 5.56 Å². The highest BCUT2D eigenvalue weighted by atomic mass is 35.5. The molecule has 0 aliphatic rings. The fraction of sp³-hybridized carbons (Fsp3) is 0.0667. The molecular formula is C15H7ClF3N5O2. The molecular weight excluding hydrogens is 375 g/mol. The molecule has 0 radical (unpaired) electrons. The van der Waals surface area contributed by atoms with Crippen molar-refractivity contribution < 1.29 is 17.7 Å². The van der Waals surface area contributed by atoms with Crippen molar-refractivity contribution in [2.75, 3.05) is 0 Å². The summed E-state index contributed by atoms with van der Waals surface area (Å²) in [7, 11) is 0. The standard InChI is InChI=1S/C15H7ClF3N5O2/c16-8-5-10-11(12-21-14(25)26-23-12)22-24(13(10)20-6-8)9-3-1-7(2-4-9)15(17,18)19/h1-6H,(H,21,23,25). The Labute approximate surface area is 147 Å². The Morgan fingerprint density at radius 2 is 1.92 bits per heavy atom. The zero-order chi connectivity index (χ0) is 18.5. The van der Waals surface area contributed by atoms with Gasteiger partial charge in [0.25, 0.3) is 0 Å². The number of nitrogens with zero attached hydrogens (tertiary/aromatic N) is 4. The van der Waals surface area contributed by atoms with Gasteiger partial charge in [-0.25, -0.2) is 14.5 Å². The fourth-order valence-corrected chi connectivity index (χ4v) is 2.61. The van der Waals surface area contributed by atoms with Crippen LogP contribution >= 0.6 is 11.6 Å². The molecule has 0 atom stereocenters. The molecule has 4 rings (SSSR count). The summed E-state index contributed by atoms with van der Waals surface area (Å²) < 4.78 is 44.0. The second kappa shape index (κ2) is 5.70. The number of rotatable bonds is 2. The first-order valence-corrected chi connectivity index (χ1v) is 7.49. The number of benzene rings is 1. The highest BCUT2D eigenvalue weighted by Crippen LogP contribution is 2.31. The topological polar surface area (TPSA) is 89.6 Å². The number of aromatic nitrogens is 5. The van der Waals surface area contributed by atoms with Gasteiger partial charge >= 0.3 is 11.9 Å². The third-order valence-corrected chi connectivity index (χ3v) is 3.80. The largest absolute Gasteiger partial charge is 0.439 e. The summed E-state index contributed by atoms with van der Waals surface area (Å²) in [4.78, 5) is 17.8. The molecule has 0 spiro atoms. The van der Waals surface area contributed by atoms with E-state index in [9.17, 15) is 18.0 Å². The molecule has 26 heavy (non-hydrogen) atoms. The van der Waals surface area contributed by atoms with E-state index in [1.807, 2.05) is 0 Å². The van der Waals surface area contributed by atoms with Gasteiger partial charge in [0.15, 0.2) is 5.65 Å². The van der Waals surface area contributed by atoms with E-state index in [1.54, 1.807) is 6.07 Å². The van der Waals surface area contributed by atoms with E-state index >= 15 is 0 Å². The maximum Gasteiger partial charge on any atom is 0.439 e. The van der Waals surface area contributed by atoms with Crippen molar-refractivity contribution in [1.82, 2.24) is 24.9 Å². The molecule has 0 saturated carbocycles. The molecule has 132 valence electrons. The number of fused-ring (bicyclic) bond motifs is 1. The number of aromatic amines is 1. The van der Waals surface area contributed by atoms with Gasteiger partial charge in [-0.15, -0.1) is 0 Å². The van der Waals surface area contributed by atoms with Crippen LogP contribution < -0.4 is 5.76 Å². The normalized spacial score (nSPS) is 12.0. The van der Waals surface area contributed by atoms with Crippen molar-refractivity contribution in [3.05, 3.63) is 57.7 Å². The van der Waals surface area contributed by atoms with E-state index in [4.69, 9.17) is 11.6 Å². The summed E-state index contributed by atoms with van der Waals surface area (Å²) in [5.41, 5.74) is 0.110. The van der Waals surface area contributed by atoms with Crippen LogP contribution in [-0.4, -0.2) is 24.9 Å². The maximum atomic E-state index is 12.7. The molecule has 0 unspecified atom stereocenters. The van der Waals surface area contributed by atoms with E-state index in [1.165, 1.54) is 23.0 Å². The van der Waals surface area contributed by atoms with Crippen LogP contribution in [-0.2, 0) is 6.18 Å². The Morgan fingerprint density at radius 3 is 2.54 bits per heavy atom. The molecule has 0 fully saturated rings. The summed E-state index contributed by atoms with van der Waals surface area (Å²) in [5.74, 6) is -0.720. The third-order valence-electron chi connectivity index (χ3n) is 3.59. The highest BCUT2D eigenvalue weighted by Gasteiger charge is 2.30. The molecule has 7 nitrogen and oxygen atoms in total. The Kier molecular flexibility index (Phi) is 3.58. The van der Waals surface area contributed by atoms with Gasteiger partial charge < -0.3 is 0 Å². The number of pyridine rings is 1. The first-order valence-electron chi connectivity index (χ1n) is 7.11. The van der Waals surface area contributed by atoms with Crippen molar-refractivity contribution in [3.63, 3.8) is 0 Å². The van der Waals surface area contributed by atoms with E-state index in [2.05, 4.69) is 24.7 Å². The average molecular weight is 382 g/mol. The minimum Gasteiger partial charge on any atom is -0.296 e. The van der Waals surface area contributed by atoms with Crippen molar-refractivity contribution in [2.24, 2.45) is 0 Å². The Balaban J connectivity index is 1.92. The van der Waals surface area contributed by atoms with Crippen molar-refractivity contribution >= 4 is 22.6 Å². The molecule has 3 heterocycles. The van der Waals surface area contributed by atoms with E-state index in [-0.39, 0.29) is 11.5 Å². The van der Waals surface area contributed by atoms with E-state index in [0.717, 1.165) is 12.1 Å². The van der Waals surface area contributed by atoms with Crippen molar-refractivity contribution in [2.45, 2.75) is 6.18 Å². The second-order valence-electron chi connectivity index (χ2n) is 5.27. The maximum absolute atomic E-state index is 12.7. The molecule has 0 saturated heterocycles. The van der Waals surface area contributed by atoms with Crippen LogP contribution in [0.3, 0.4) is 0 Å². The van der Waals surface area contributed by atoms with Crippen molar-refractivity contribution in [3.8, 4) is 17.2 Å². The molecule has 3 aromatic heterocycles. The summed E-state index contributed by atoms with van der Waals surface area (Å²) in [6.45, 7) is 0. The van der Waals surface area contributed by atoms with Gasteiger partial charge in [0.2, 0.25) is 5.82 Å². The monoisotopic (exact) mass is 381 g/mol. The number of alkyl halides is 3. The van der Waals surface area contributed by atoms with E-state index in [0.29, 0.717) is 21.7 Å². The molecule has 0 amide bonds. The number of H-pyrrole nitrogens is 1. The fourth-order valence-electron chi connectivity index (χ4n) is 2.45. The molecule has 0 aliphatic heterocycles. The number of hydrogen-bond donors (Lipinski definition) is 1. The molecule has 0 aliphatic carbocycles. The van der Waals surface area contributed by atoms with Crippen LogP contribution in [0.4, 0.5) is 13.2 Å². The summed E-state index contributed by atoms with van der Waals surface area (Å²) in [6.07, 6.45) is -3.07. The van der Waals surface area contributed by atoms with Crippen LogP contribution in [0, 0.1) is 0 Å². The SMILES string of the molecule is O=c1[nH]c(-c2nn(-c3ccc(C(F)(F)F)cc3)c3ncc(Cl)cc23)no1. The van der Waals surface area contributed by atoms with Crippen LogP contribution in [0.15, 0.2) is 45.8 Å². The van der Waals surface area contributed by atoms with E-state index < -0.39 is 17.5 Å². The molecule has 1 aromatic carbocycles. The van der Waals surface area contributed by atoms with Crippen LogP contribution in [0.2, 0.25) is 5.02 Å². The van der Waals surface area contributed by atoms with Gasteiger partial charge in [-0.05, 0) is 30.3 Å². The predicted molar refractivity (Wildman–Crippen MR) is 85.0 cm³/mol. The summed E-state index contributed by atoms with van der Waals surface area (Å²) in [6, 6.07) is 5.97. The van der Waals surface area contributed by atoms with Gasteiger partial charge in [-0.3, -0.25) is 9.51 Å². The number of nitrogens with one attached hydrogen (secondary N) is 1. The van der Waals surface area contributed by atoms with Crippen molar-refractivity contribution in [1.29, 1.82) is 0 Å². The van der Waals surface area contributed by atoms with Crippen LogP contribution in [0.25, 0.3) is 28.2 Å². The van der Waals surface area contributed by atoms with Gasteiger partial charge in [0.1, 0.15) is 5.69 Å². The lowest BCUT2D eigenvalue weighted by Crippen LogP contribution is -2.05. The van der Waals surface area contributed by atoms with Crippen LogP contribution in [0.5, 0.6) is 0 Å². The first-order chi connectivity index (χ1) is 12.3. The van der Waals surface area contributed by atoms with Gasteiger partial charge in [0.05, 0.1) is 21.7 Å². The minimum absolute atomic E-state index is 0.0507. The Bertz CT molecular complexity index is 1160. The number of hydrogen-bond acceptors (Lipinski definition) is 5. The molecule has 11 heteroatoms. The van der Waals surface area contributed by atoms with Gasteiger partial charge in [-0.2, -0.15) is 18.3 Å². The molecule has 4 aromatic rings. The quantitative estimate of drug-likeness (QED) is 0.574. The smallest absolute Gasteiger partial charge is 0.296 e. The lowest BCUT2D eigenvalue weighted by Gasteiger charge is -2.08.